The predicted molar refractivity (Wildman–Crippen MR) is 70.8 cm³/mol. The fourth-order valence-corrected chi connectivity index (χ4v) is 1.84. The second-order valence-electron chi connectivity index (χ2n) is 4.23. The Bertz CT molecular complexity index is 332. The normalized spacial score (nSPS) is 10.5. The Balaban J connectivity index is 2.56. The zero-order valence-electron chi connectivity index (χ0n) is 10.1. The van der Waals surface area contributed by atoms with Crippen LogP contribution >= 0.6 is 11.8 Å². The summed E-state index contributed by atoms with van der Waals surface area (Å²) < 4.78 is 0. The summed E-state index contributed by atoms with van der Waals surface area (Å²) in [5, 5.41) is 2.91. The number of amides is 1. The van der Waals surface area contributed by atoms with Gasteiger partial charge in [0.15, 0.2) is 0 Å². The predicted octanol–water partition coefficient (Wildman–Crippen LogP) is 2.94. The van der Waals surface area contributed by atoms with Crippen molar-refractivity contribution in [2.45, 2.75) is 19.6 Å². The number of thioether (sulfide) groups is 1. The highest BCUT2D eigenvalue weighted by atomic mass is 32.2. The molecule has 0 atom stereocenters. The molecule has 0 aliphatic carbocycles. The van der Waals surface area contributed by atoms with Crippen molar-refractivity contribution in [1.82, 2.24) is 5.32 Å². The molecule has 16 heavy (non-hydrogen) atoms. The minimum atomic E-state index is 0.0180. The molecule has 0 aliphatic rings. The van der Waals surface area contributed by atoms with Gasteiger partial charge in [-0.15, -0.1) is 0 Å². The van der Waals surface area contributed by atoms with Gasteiger partial charge < -0.3 is 5.32 Å². The van der Waals surface area contributed by atoms with Gasteiger partial charge in [0.1, 0.15) is 0 Å². The molecule has 1 N–H and O–H groups in total. The van der Waals surface area contributed by atoms with Crippen molar-refractivity contribution < 1.29 is 4.79 Å². The second kappa shape index (κ2) is 6.59. The van der Waals surface area contributed by atoms with Gasteiger partial charge in [0, 0.05) is 17.9 Å². The Kier molecular flexibility index (Phi) is 5.39. The van der Waals surface area contributed by atoms with E-state index in [2.05, 4.69) is 25.4 Å². The third kappa shape index (κ3) is 4.27. The van der Waals surface area contributed by atoms with Crippen LogP contribution in [0, 0.1) is 5.92 Å². The number of hydrogen-bond donors (Lipinski definition) is 1. The maximum atomic E-state index is 11.7. The van der Waals surface area contributed by atoms with E-state index in [9.17, 15) is 4.79 Å². The van der Waals surface area contributed by atoms with E-state index in [1.54, 1.807) is 11.8 Å². The third-order valence-corrected chi connectivity index (χ3v) is 2.82. The third-order valence-electron chi connectivity index (χ3n) is 2.20. The van der Waals surface area contributed by atoms with Crippen molar-refractivity contribution >= 4 is 17.7 Å². The molecule has 1 aromatic carbocycles. The van der Waals surface area contributed by atoms with Crippen LogP contribution in [-0.2, 0) is 5.75 Å². The SMILES string of the molecule is CSCc1ccc(C(=O)NCC(C)C)cc1. The lowest BCUT2D eigenvalue weighted by Gasteiger charge is -2.07. The molecule has 0 fully saturated rings. The summed E-state index contributed by atoms with van der Waals surface area (Å²) >= 11 is 1.78. The van der Waals surface area contributed by atoms with Crippen LogP contribution in [0.15, 0.2) is 24.3 Å². The maximum Gasteiger partial charge on any atom is 0.251 e. The van der Waals surface area contributed by atoms with E-state index in [0.717, 1.165) is 17.9 Å². The van der Waals surface area contributed by atoms with Crippen molar-refractivity contribution in [3.8, 4) is 0 Å². The van der Waals surface area contributed by atoms with Gasteiger partial charge >= 0.3 is 0 Å². The first-order chi connectivity index (χ1) is 7.63. The molecule has 1 amide bonds. The molecule has 88 valence electrons. The highest BCUT2D eigenvalue weighted by Gasteiger charge is 2.05. The number of hydrogen-bond acceptors (Lipinski definition) is 2. The number of benzene rings is 1. The summed E-state index contributed by atoms with van der Waals surface area (Å²) in [6.45, 7) is 4.90. The van der Waals surface area contributed by atoms with Gasteiger partial charge in [-0.1, -0.05) is 26.0 Å². The summed E-state index contributed by atoms with van der Waals surface area (Å²) in [5.41, 5.74) is 2.00. The quantitative estimate of drug-likeness (QED) is 0.853. The van der Waals surface area contributed by atoms with E-state index in [1.807, 2.05) is 24.3 Å². The summed E-state index contributed by atoms with van der Waals surface area (Å²) in [6.07, 6.45) is 2.07. The summed E-state index contributed by atoms with van der Waals surface area (Å²) in [4.78, 5) is 11.7. The van der Waals surface area contributed by atoms with E-state index < -0.39 is 0 Å². The summed E-state index contributed by atoms with van der Waals surface area (Å²) in [6, 6.07) is 7.81. The molecule has 0 saturated heterocycles. The van der Waals surface area contributed by atoms with E-state index in [4.69, 9.17) is 0 Å². The van der Waals surface area contributed by atoms with Gasteiger partial charge in [-0.25, -0.2) is 0 Å². The van der Waals surface area contributed by atoms with Crippen molar-refractivity contribution in [3.63, 3.8) is 0 Å². The van der Waals surface area contributed by atoms with E-state index in [0.29, 0.717) is 5.92 Å². The lowest BCUT2D eigenvalue weighted by Crippen LogP contribution is -2.27. The van der Waals surface area contributed by atoms with E-state index in [-0.39, 0.29) is 5.91 Å². The molecule has 0 aliphatic heterocycles. The number of nitrogens with one attached hydrogen (secondary N) is 1. The van der Waals surface area contributed by atoms with Crippen LogP contribution in [-0.4, -0.2) is 18.7 Å². The highest BCUT2D eigenvalue weighted by Crippen LogP contribution is 2.10. The first kappa shape index (κ1) is 13.1. The molecule has 0 radical (unpaired) electrons. The minimum Gasteiger partial charge on any atom is -0.352 e. The first-order valence-electron chi connectivity index (χ1n) is 5.49. The standard InChI is InChI=1S/C13H19NOS/c1-10(2)8-14-13(15)12-6-4-11(5-7-12)9-16-3/h4-7,10H,8-9H2,1-3H3,(H,14,15). The van der Waals surface area contributed by atoms with Crippen molar-refractivity contribution in [1.29, 1.82) is 0 Å². The van der Waals surface area contributed by atoms with Gasteiger partial charge in [-0.2, -0.15) is 11.8 Å². The van der Waals surface area contributed by atoms with Crippen LogP contribution in [0.25, 0.3) is 0 Å². The van der Waals surface area contributed by atoms with Crippen LogP contribution in [0.4, 0.5) is 0 Å². The molecule has 0 bridgehead atoms. The molecular weight excluding hydrogens is 218 g/mol. The monoisotopic (exact) mass is 237 g/mol. The molecule has 0 heterocycles. The van der Waals surface area contributed by atoms with Gasteiger partial charge in [0.25, 0.3) is 5.91 Å². The van der Waals surface area contributed by atoms with Crippen LogP contribution in [0.5, 0.6) is 0 Å². The lowest BCUT2D eigenvalue weighted by molar-refractivity contribution is 0.0949. The Morgan fingerprint density at radius 1 is 1.31 bits per heavy atom. The summed E-state index contributed by atoms with van der Waals surface area (Å²) in [7, 11) is 0. The smallest absolute Gasteiger partial charge is 0.251 e. The van der Waals surface area contributed by atoms with Crippen molar-refractivity contribution in [3.05, 3.63) is 35.4 Å². The first-order valence-corrected chi connectivity index (χ1v) is 6.89. The van der Waals surface area contributed by atoms with E-state index in [1.165, 1.54) is 5.56 Å². The number of rotatable bonds is 5. The Morgan fingerprint density at radius 3 is 2.44 bits per heavy atom. The molecule has 2 nitrogen and oxygen atoms in total. The Morgan fingerprint density at radius 2 is 1.94 bits per heavy atom. The average molecular weight is 237 g/mol. The molecule has 0 aromatic heterocycles. The topological polar surface area (TPSA) is 29.1 Å². The van der Waals surface area contributed by atoms with Crippen molar-refractivity contribution in [2.24, 2.45) is 5.92 Å². The van der Waals surface area contributed by atoms with Crippen LogP contribution in [0.2, 0.25) is 0 Å². The van der Waals surface area contributed by atoms with Gasteiger partial charge in [-0.3, -0.25) is 4.79 Å². The van der Waals surface area contributed by atoms with Gasteiger partial charge in [0.2, 0.25) is 0 Å². The van der Waals surface area contributed by atoms with Crippen LogP contribution in [0.3, 0.4) is 0 Å². The van der Waals surface area contributed by atoms with E-state index >= 15 is 0 Å². The van der Waals surface area contributed by atoms with Crippen molar-refractivity contribution in [2.75, 3.05) is 12.8 Å². The largest absolute Gasteiger partial charge is 0.352 e. The summed E-state index contributed by atoms with van der Waals surface area (Å²) in [5.74, 6) is 1.50. The minimum absolute atomic E-state index is 0.0180. The highest BCUT2D eigenvalue weighted by molar-refractivity contribution is 7.97. The molecule has 0 spiro atoms. The zero-order valence-corrected chi connectivity index (χ0v) is 10.9. The molecule has 1 aromatic rings. The Hall–Kier alpha value is -0.960. The van der Waals surface area contributed by atoms with Gasteiger partial charge in [-0.05, 0) is 29.9 Å². The van der Waals surface area contributed by atoms with Crippen LogP contribution in [0.1, 0.15) is 29.8 Å². The molecule has 0 unspecified atom stereocenters. The lowest BCUT2D eigenvalue weighted by atomic mass is 10.1. The zero-order chi connectivity index (χ0) is 12.0. The molecular formula is C13H19NOS. The van der Waals surface area contributed by atoms with Crippen LogP contribution < -0.4 is 5.32 Å². The number of carbonyl (C=O) groups excluding carboxylic acids is 1. The fraction of sp³-hybridized carbons (Fsp3) is 0.462. The maximum absolute atomic E-state index is 11.7. The fourth-order valence-electron chi connectivity index (χ4n) is 1.32. The number of carbonyl (C=O) groups is 1. The average Bonchev–Trinajstić information content (AvgIpc) is 2.27. The molecule has 3 heteroatoms. The second-order valence-corrected chi connectivity index (χ2v) is 5.10. The Labute approximate surface area is 102 Å². The molecule has 0 saturated carbocycles. The molecule has 1 rings (SSSR count). The van der Waals surface area contributed by atoms with Gasteiger partial charge in [0.05, 0.1) is 0 Å².